The van der Waals surface area contributed by atoms with Crippen LogP contribution in [0.3, 0.4) is 0 Å². The Morgan fingerprint density at radius 2 is 2.42 bits per heavy atom. The Hall–Kier alpha value is -0.830. The third-order valence-electron chi connectivity index (χ3n) is 2.19. The van der Waals surface area contributed by atoms with Gasteiger partial charge < -0.3 is 10.6 Å². The van der Waals surface area contributed by atoms with Crippen molar-refractivity contribution in [2.24, 2.45) is 0 Å². The summed E-state index contributed by atoms with van der Waals surface area (Å²) in [4.78, 5) is 11.3. The molecular formula is C9H16N2O. The van der Waals surface area contributed by atoms with Crippen molar-refractivity contribution in [1.82, 2.24) is 10.6 Å². The molecule has 1 aliphatic rings. The van der Waals surface area contributed by atoms with Crippen LogP contribution in [0.5, 0.6) is 0 Å². The molecule has 1 rings (SSSR count). The van der Waals surface area contributed by atoms with Gasteiger partial charge in [-0.1, -0.05) is 6.08 Å². The molecule has 2 N–H and O–H groups in total. The van der Waals surface area contributed by atoms with Gasteiger partial charge in [0.05, 0.1) is 0 Å². The van der Waals surface area contributed by atoms with Crippen molar-refractivity contribution < 1.29 is 4.79 Å². The lowest BCUT2D eigenvalue weighted by Crippen LogP contribution is -2.36. The fourth-order valence-corrected chi connectivity index (χ4v) is 1.21. The average Bonchev–Trinajstić information content (AvgIpc) is 2.55. The van der Waals surface area contributed by atoms with Crippen LogP contribution in [0.25, 0.3) is 0 Å². The molecule has 0 saturated carbocycles. The van der Waals surface area contributed by atoms with Crippen molar-refractivity contribution in [1.29, 1.82) is 0 Å². The highest BCUT2D eigenvalue weighted by atomic mass is 16.1. The standard InChI is InChI=1S/C9H16N2O/c1-3-7(2)9(12)11-8-4-5-10-6-8/h3,8,10H,4-6H2,1-2H3,(H,11,12)/b7-3+. The van der Waals surface area contributed by atoms with E-state index in [1.54, 1.807) is 0 Å². The Balaban J connectivity index is 2.35. The van der Waals surface area contributed by atoms with Gasteiger partial charge in [-0.05, 0) is 26.8 Å². The fraction of sp³-hybridized carbons (Fsp3) is 0.667. The summed E-state index contributed by atoms with van der Waals surface area (Å²) in [6.07, 6.45) is 2.88. The van der Waals surface area contributed by atoms with E-state index in [0.717, 1.165) is 25.1 Å². The summed E-state index contributed by atoms with van der Waals surface area (Å²) >= 11 is 0. The quantitative estimate of drug-likeness (QED) is 0.587. The van der Waals surface area contributed by atoms with E-state index >= 15 is 0 Å². The minimum Gasteiger partial charge on any atom is -0.348 e. The van der Waals surface area contributed by atoms with Gasteiger partial charge in [0, 0.05) is 18.2 Å². The SMILES string of the molecule is C/C=C(\C)C(=O)NC1CCNC1. The van der Waals surface area contributed by atoms with E-state index in [4.69, 9.17) is 0 Å². The molecule has 3 heteroatoms. The molecule has 1 saturated heterocycles. The van der Waals surface area contributed by atoms with E-state index in [9.17, 15) is 4.79 Å². The molecule has 0 spiro atoms. The minimum absolute atomic E-state index is 0.0613. The second kappa shape index (κ2) is 4.26. The summed E-state index contributed by atoms with van der Waals surface area (Å²) in [6.45, 7) is 5.63. The molecule has 1 fully saturated rings. The van der Waals surface area contributed by atoms with Crippen molar-refractivity contribution in [2.75, 3.05) is 13.1 Å². The highest BCUT2D eigenvalue weighted by Crippen LogP contribution is 1.99. The number of amides is 1. The number of hydrogen-bond acceptors (Lipinski definition) is 2. The predicted molar refractivity (Wildman–Crippen MR) is 48.8 cm³/mol. The molecule has 3 nitrogen and oxygen atoms in total. The van der Waals surface area contributed by atoms with Gasteiger partial charge in [-0.25, -0.2) is 0 Å². The Morgan fingerprint density at radius 1 is 1.67 bits per heavy atom. The highest BCUT2D eigenvalue weighted by molar-refractivity contribution is 5.92. The lowest BCUT2D eigenvalue weighted by atomic mass is 10.2. The third kappa shape index (κ3) is 2.34. The first-order valence-electron chi connectivity index (χ1n) is 4.38. The summed E-state index contributed by atoms with van der Waals surface area (Å²) in [7, 11) is 0. The maximum Gasteiger partial charge on any atom is 0.246 e. The Morgan fingerprint density at radius 3 is 2.92 bits per heavy atom. The van der Waals surface area contributed by atoms with Crippen LogP contribution in [0.15, 0.2) is 11.6 Å². The van der Waals surface area contributed by atoms with Crippen LogP contribution in [0.2, 0.25) is 0 Å². The molecule has 0 radical (unpaired) electrons. The largest absolute Gasteiger partial charge is 0.348 e. The molecule has 1 heterocycles. The molecule has 0 aromatic rings. The Bertz CT molecular complexity index is 193. The van der Waals surface area contributed by atoms with E-state index in [1.165, 1.54) is 0 Å². The van der Waals surface area contributed by atoms with Gasteiger partial charge in [-0.15, -0.1) is 0 Å². The molecule has 1 unspecified atom stereocenters. The molecule has 0 aromatic carbocycles. The lowest BCUT2D eigenvalue weighted by molar-refractivity contribution is -0.118. The van der Waals surface area contributed by atoms with Gasteiger partial charge in [0.1, 0.15) is 0 Å². The second-order valence-corrected chi connectivity index (χ2v) is 3.13. The maximum absolute atomic E-state index is 11.3. The van der Waals surface area contributed by atoms with E-state index in [1.807, 2.05) is 19.9 Å². The molecule has 0 aromatic heterocycles. The van der Waals surface area contributed by atoms with Crippen LogP contribution in [0.1, 0.15) is 20.3 Å². The van der Waals surface area contributed by atoms with Crippen LogP contribution < -0.4 is 10.6 Å². The first kappa shape index (κ1) is 9.26. The molecule has 1 atom stereocenters. The highest BCUT2D eigenvalue weighted by Gasteiger charge is 2.16. The number of nitrogens with one attached hydrogen (secondary N) is 2. The molecule has 68 valence electrons. The van der Waals surface area contributed by atoms with Crippen LogP contribution in [0.4, 0.5) is 0 Å². The molecular weight excluding hydrogens is 152 g/mol. The number of carbonyl (C=O) groups is 1. The topological polar surface area (TPSA) is 41.1 Å². The van der Waals surface area contributed by atoms with Crippen molar-refractivity contribution >= 4 is 5.91 Å². The molecule has 1 amide bonds. The summed E-state index contributed by atoms with van der Waals surface area (Å²) in [6, 6.07) is 0.326. The van der Waals surface area contributed by atoms with Crippen molar-refractivity contribution in [2.45, 2.75) is 26.3 Å². The molecule has 12 heavy (non-hydrogen) atoms. The predicted octanol–water partition coefficient (Wildman–Crippen LogP) is 0.431. The van der Waals surface area contributed by atoms with Crippen molar-refractivity contribution in [3.63, 3.8) is 0 Å². The summed E-state index contributed by atoms with van der Waals surface area (Å²) in [5.41, 5.74) is 0.793. The molecule has 0 aliphatic carbocycles. The van der Waals surface area contributed by atoms with E-state index in [0.29, 0.717) is 6.04 Å². The minimum atomic E-state index is 0.0613. The van der Waals surface area contributed by atoms with Gasteiger partial charge in [-0.3, -0.25) is 4.79 Å². The van der Waals surface area contributed by atoms with Gasteiger partial charge in [0.15, 0.2) is 0 Å². The van der Waals surface area contributed by atoms with Gasteiger partial charge in [-0.2, -0.15) is 0 Å². The van der Waals surface area contributed by atoms with Crippen LogP contribution >= 0.6 is 0 Å². The lowest BCUT2D eigenvalue weighted by Gasteiger charge is -2.10. The third-order valence-corrected chi connectivity index (χ3v) is 2.19. The monoisotopic (exact) mass is 168 g/mol. The van der Waals surface area contributed by atoms with Crippen LogP contribution in [-0.2, 0) is 4.79 Å². The molecule has 1 aliphatic heterocycles. The first-order valence-corrected chi connectivity index (χ1v) is 4.38. The van der Waals surface area contributed by atoms with Crippen molar-refractivity contribution in [3.05, 3.63) is 11.6 Å². The zero-order valence-corrected chi connectivity index (χ0v) is 7.68. The van der Waals surface area contributed by atoms with Gasteiger partial charge >= 0.3 is 0 Å². The van der Waals surface area contributed by atoms with Gasteiger partial charge in [0.25, 0.3) is 0 Å². The number of hydrogen-bond donors (Lipinski definition) is 2. The number of allylic oxidation sites excluding steroid dienone is 1. The van der Waals surface area contributed by atoms with E-state index in [2.05, 4.69) is 10.6 Å². The van der Waals surface area contributed by atoms with Crippen LogP contribution in [-0.4, -0.2) is 25.0 Å². The maximum atomic E-state index is 11.3. The number of carbonyl (C=O) groups excluding carboxylic acids is 1. The average molecular weight is 168 g/mol. The van der Waals surface area contributed by atoms with Crippen LogP contribution in [0, 0.1) is 0 Å². The normalized spacial score (nSPS) is 24.2. The zero-order chi connectivity index (χ0) is 8.97. The van der Waals surface area contributed by atoms with Crippen molar-refractivity contribution in [3.8, 4) is 0 Å². The van der Waals surface area contributed by atoms with E-state index in [-0.39, 0.29) is 5.91 Å². The second-order valence-electron chi connectivity index (χ2n) is 3.13. The summed E-state index contributed by atoms with van der Waals surface area (Å²) < 4.78 is 0. The number of rotatable bonds is 2. The summed E-state index contributed by atoms with van der Waals surface area (Å²) in [5.74, 6) is 0.0613. The Labute approximate surface area is 73.2 Å². The smallest absolute Gasteiger partial charge is 0.246 e. The summed E-state index contributed by atoms with van der Waals surface area (Å²) in [5, 5.41) is 6.16. The molecule has 0 bridgehead atoms. The Kier molecular flexibility index (Phi) is 3.29. The first-order chi connectivity index (χ1) is 5.74. The van der Waals surface area contributed by atoms with Gasteiger partial charge in [0.2, 0.25) is 5.91 Å². The zero-order valence-electron chi connectivity index (χ0n) is 7.68. The van der Waals surface area contributed by atoms with E-state index < -0.39 is 0 Å². The fourth-order valence-electron chi connectivity index (χ4n) is 1.21.